The fourth-order valence-electron chi connectivity index (χ4n) is 2.74. The average Bonchev–Trinajstić information content (AvgIpc) is 2.71. The van der Waals surface area contributed by atoms with Crippen molar-refractivity contribution in [3.05, 3.63) is 59.5 Å². The van der Waals surface area contributed by atoms with Crippen LogP contribution >= 0.6 is 0 Å². The van der Waals surface area contributed by atoms with Gasteiger partial charge in [0, 0.05) is 29.8 Å². The quantitative estimate of drug-likeness (QED) is 0.780. The summed E-state index contributed by atoms with van der Waals surface area (Å²) in [6.07, 6.45) is 1.82. The molecule has 3 rings (SSSR count). The first-order valence-corrected chi connectivity index (χ1v) is 6.87. The number of benzene rings is 1. The maximum atomic E-state index is 4.31. The van der Waals surface area contributed by atoms with Crippen molar-refractivity contribution < 1.29 is 0 Å². The molecule has 0 amide bonds. The van der Waals surface area contributed by atoms with Crippen LogP contribution in [0.15, 0.2) is 42.6 Å². The van der Waals surface area contributed by atoms with Crippen molar-refractivity contribution in [1.29, 1.82) is 0 Å². The Bertz CT molecular complexity index is 717. The highest BCUT2D eigenvalue weighted by atomic mass is 15.0. The van der Waals surface area contributed by atoms with Gasteiger partial charge in [0.2, 0.25) is 0 Å². The van der Waals surface area contributed by atoms with Crippen molar-refractivity contribution in [2.24, 2.45) is 7.05 Å². The van der Waals surface area contributed by atoms with Crippen molar-refractivity contribution in [3.63, 3.8) is 0 Å². The number of nitrogens with one attached hydrogen (secondary N) is 1. The monoisotopic (exact) mass is 265 g/mol. The number of pyridine rings is 1. The van der Waals surface area contributed by atoms with Gasteiger partial charge in [0.05, 0.1) is 17.9 Å². The molecule has 102 valence electrons. The van der Waals surface area contributed by atoms with Crippen LogP contribution in [0.5, 0.6) is 0 Å². The second-order valence-corrected chi connectivity index (χ2v) is 5.14. The summed E-state index contributed by atoms with van der Waals surface area (Å²) in [7, 11) is 2.13. The third-order valence-corrected chi connectivity index (χ3v) is 3.96. The van der Waals surface area contributed by atoms with Crippen LogP contribution in [-0.4, -0.2) is 9.55 Å². The summed E-state index contributed by atoms with van der Waals surface area (Å²) in [4.78, 5) is 4.31. The zero-order valence-corrected chi connectivity index (χ0v) is 12.1. The number of fused-ring (bicyclic) bond motifs is 1. The normalized spacial score (nSPS) is 10.9. The van der Waals surface area contributed by atoms with Gasteiger partial charge in [0.1, 0.15) is 0 Å². The minimum absolute atomic E-state index is 0.809. The molecule has 3 heteroatoms. The average molecular weight is 265 g/mol. The molecule has 1 aromatic carbocycles. The van der Waals surface area contributed by atoms with Crippen LogP contribution in [0.4, 0.5) is 5.69 Å². The lowest BCUT2D eigenvalue weighted by atomic mass is 10.1. The van der Waals surface area contributed by atoms with E-state index < -0.39 is 0 Å². The Morgan fingerprint density at radius 1 is 1.10 bits per heavy atom. The van der Waals surface area contributed by atoms with Gasteiger partial charge in [-0.05, 0) is 37.6 Å². The van der Waals surface area contributed by atoms with Gasteiger partial charge in [-0.15, -0.1) is 0 Å². The summed E-state index contributed by atoms with van der Waals surface area (Å²) in [6, 6.07) is 12.6. The maximum Gasteiger partial charge on any atom is 0.0603 e. The topological polar surface area (TPSA) is 29.9 Å². The molecule has 0 aliphatic heterocycles. The molecule has 2 heterocycles. The summed E-state index contributed by atoms with van der Waals surface area (Å²) < 4.78 is 2.27. The zero-order valence-electron chi connectivity index (χ0n) is 12.1. The molecule has 0 saturated carbocycles. The van der Waals surface area contributed by atoms with Gasteiger partial charge in [0.15, 0.2) is 0 Å². The Morgan fingerprint density at radius 2 is 1.90 bits per heavy atom. The third kappa shape index (κ3) is 2.05. The fourth-order valence-corrected chi connectivity index (χ4v) is 2.74. The highest BCUT2D eigenvalue weighted by Crippen LogP contribution is 2.25. The van der Waals surface area contributed by atoms with Gasteiger partial charge in [-0.3, -0.25) is 4.98 Å². The first kappa shape index (κ1) is 12.7. The third-order valence-electron chi connectivity index (χ3n) is 3.96. The van der Waals surface area contributed by atoms with Crippen molar-refractivity contribution in [2.75, 3.05) is 5.32 Å². The minimum Gasteiger partial charge on any atom is -0.378 e. The number of aromatic nitrogens is 2. The fraction of sp³-hybridized carbons (Fsp3) is 0.235. The number of hydrogen-bond donors (Lipinski definition) is 1. The number of rotatable bonds is 3. The molecule has 2 aromatic heterocycles. The Hall–Kier alpha value is -2.29. The lowest BCUT2D eigenvalue weighted by Crippen LogP contribution is -2.07. The molecule has 0 fully saturated rings. The summed E-state index contributed by atoms with van der Waals surface area (Å²) in [5.41, 5.74) is 6.07. The largest absolute Gasteiger partial charge is 0.378 e. The number of para-hydroxylation sites is 1. The smallest absolute Gasteiger partial charge is 0.0603 e. The Kier molecular flexibility index (Phi) is 3.18. The SMILES string of the molecule is Cc1ncccc1NCc1c(C)c2ccccc2n1C. The number of aryl methyl sites for hydroxylation is 3. The van der Waals surface area contributed by atoms with Crippen LogP contribution in [0.2, 0.25) is 0 Å². The van der Waals surface area contributed by atoms with Gasteiger partial charge in [0.25, 0.3) is 0 Å². The van der Waals surface area contributed by atoms with E-state index in [1.54, 1.807) is 0 Å². The molecule has 0 aliphatic carbocycles. The highest BCUT2D eigenvalue weighted by molar-refractivity contribution is 5.85. The van der Waals surface area contributed by atoms with Crippen LogP contribution in [-0.2, 0) is 13.6 Å². The molecular formula is C17H19N3. The highest BCUT2D eigenvalue weighted by Gasteiger charge is 2.11. The molecular weight excluding hydrogens is 246 g/mol. The van der Waals surface area contributed by atoms with E-state index in [1.165, 1.54) is 22.2 Å². The van der Waals surface area contributed by atoms with E-state index in [2.05, 4.69) is 59.2 Å². The predicted octanol–water partition coefficient (Wildman–Crippen LogP) is 3.80. The predicted molar refractivity (Wildman–Crippen MR) is 84.0 cm³/mol. The zero-order chi connectivity index (χ0) is 14.1. The van der Waals surface area contributed by atoms with Gasteiger partial charge in [-0.25, -0.2) is 0 Å². The Morgan fingerprint density at radius 3 is 2.65 bits per heavy atom. The van der Waals surface area contributed by atoms with E-state index in [0.29, 0.717) is 0 Å². The minimum atomic E-state index is 0.809. The molecule has 0 aliphatic rings. The number of anilines is 1. The van der Waals surface area contributed by atoms with Crippen molar-refractivity contribution in [3.8, 4) is 0 Å². The summed E-state index contributed by atoms with van der Waals surface area (Å²) in [6.45, 7) is 5.02. The van der Waals surface area contributed by atoms with E-state index in [-0.39, 0.29) is 0 Å². The van der Waals surface area contributed by atoms with Crippen molar-refractivity contribution in [1.82, 2.24) is 9.55 Å². The lowest BCUT2D eigenvalue weighted by molar-refractivity contribution is 0.861. The molecule has 0 bridgehead atoms. The number of nitrogens with zero attached hydrogens (tertiary/aromatic N) is 2. The van der Waals surface area contributed by atoms with Gasteiger partial charge in [-0.1, -0.05) is 18.2 Å². The number of hydrogen-bond acceptors (Lipinski definition) is 2. The molecule has 0 saturated heterocycles. The Labute approximate surface area is 119 Å². The maximum absolute atomic E-state index is 4.31. The van der Waals surface area contributed by atoms with Crippen LogP contribution in [0.1, 0.15) is 17.0 Å². The van der Waals surface area contributed by atoms with E-state index in [0.717, 1.165) is 17.9 Å². The van der Waals surface area contributed by atoms with Crippen molar-refractivity contribution >= 4 is 16.6 Å². The molecule has 0 atom stereocenters. The molecule has 0 unspecified atom stereocenters. The molecule has 3 aromatic rings. The van der Waals surface area contributed by atoms with Crippen LogP contribution in [0, 0.1) is 13.8 Å². The van der Waals surface area contributed by atoms with Crippen LogP contribution < -0.4 is 5.32 Å². The molecule has 20 heavy (non-hydrogen) atoms. The van der Waals surface area contributed by atoms with Gasteiger partial charge in [-0.2, -0.15) is 0 Å². The standard InChI is InChI=1S/C17H19N3/c1-12-14-7-4-5-9-16(14)20(3)17(12)11-19-15-8-6-10-18-13(15)2/h4-10,19H,11H2,1-3H3. The van der Waals surface area contributed by atoms with Crippen molar-refractivity contribution in [2.45, 2.75) is 20.4 Å². The van der Waals surface area contributed by atoms with Crippen LogP contribution in [0.3, 0.4) is 0 Å². The van der Waals surface area contributed by atoms with Crippen LogP contribution in [0.25, 0.3) is 10.9 Å². The van der Waals surface area contributed by atoms with E-state index >= 15 is 0 Å². The van der Waals surface area contributed by atoms with Gasteiger partial charge >= 0.3 is 0 Å². The Balaban J connectivity index is 1.94. The van der Waals surface area contributed by atoms with E-state index in [9.17, 15) is 0 Å². The second kappa shape index (κ2) is 5.00. The molecule has 0 radical (unpaired) electrons. The molecule has 0 spiro atoms. The van der Waals surface area contributed by atoms with E-state index in [4.69, 9.17) is 0 Å². The second-order valence-electron chi connectivity index (χ2n) is 5.14. The molecule has 3 nitrogen and oxygen atoms in total. The van der Waals surface area contributed by atoms with Gasteiger partial charge < -0.3 is 9.88 Å². The molecule has 1 N–H and O–H groups in total. The first-order chi connectivity index (χ1) is 9.68. The first-order valence-electron chi connectivity index (χ1n) is 6.87. The summed E-state index contributed by atoms with van der Waals surface area (Å²) >= 11 is 0. The van der Waals surface area contributed by atoms with E-state index in [1.807, 2.05) is 19.2 Å². The summed E-state index contributed by atoms with van der Waals surface area (Å²) in [5, 5.41) is 4.82. The lowest BCUT2D eigenvalue weighted by Gasteiger charge is -2.10. The summed E-state index contributed by atoms with van der Waals surface area (Å²) in [5.74, 6) is 0.